The van der Waals surface area contributed by atoms with Crippen LogP contribution in [0, 0.1) is 0 Å². The van der Waals surface area contributed by atoms with E-state index in [1.807, 2.05) is 0 Å². The number of carboxylic acid groups (broad SMARTS) is 1. The van der Waals surface area contributed by atoms with Crippen LogP contribution < -0.4 is 20.5 Å². The number of quaternary nitrogens is 1. The second-order valence-corrected chi connectivity index (χ2v) is 6.46. The molecule has 0 fully saturated rings. The largest absolute Gasteiger partial charge is 0.544 e. The van der Waals surface area contributed by atoms with Crippen LogP contribution in [0.5, 0.6) is 5.75 Å². The van der Waals surface area contributed by atoms with Crippen molar-refractivity contribution in [1.29, 1.82) is 0 Å². The Balaban J connectivity index is 1.79. The molecule has 0 unspecified atom stereocenters. The Kier molecular flexibility index (Phi) is 8.19. The molecule has 0 saturated carbocycles. The standard InChI is InChI=1S/C19H24F2N2O4/c20-19(21)27-15-8-6-14(7-9-15)23-17(24)12-16(18(25)26)22-11-10-13-4-2-1-3-5-13/h4,6-9,16,19,22H,1-3,5,10-12H2,(H,23,24)(H,25,26)/t16-/m1/s1. The van der Waals surface area contributed by atoms with E-state index < -0.39 is 24.5 Å². The number of nitrogens with one attached hydrogen (secondary N) is 1. The van der Waals surface area contributed by atoms with Crippen LogP contribution in [0.1, 0.15) is 38.5 Å². The molecule has 0 radical (unpaired) electrons. The topological polar surface area (TPSA) is 95.1 Å². The third kappa shape index (κ3) is 7.74. The number of ether oxygens (including phenoxy) is 1. The molecule has 148 valence electrons. The van der Waals surface area contributed by atoms with Crippen molar-refractivity contribution in [1.82, 2.24) is 0 Å². The van der Waals surface area contributed by atoms with Gasteiger partial charge in [-0.2, -0.15) is 8.78 Å². The van der Waals surface area contributed by atoms with Crippen molar-refractivity contribution >= 4 is 17.6 Å². The maximum atomic E-state index is 12.1. The minimum absolute atomic E-state index is 0.0269. The Hall–Kier alpha value is -2.48. The summed E-state index contributed by atoms with van der Waals surface area (Å²) in [5, 5.41) is 15.5. The number of rotatable bonds is 10. The average molecular weight is 382 g/mol. The molecular formula is C19H24F2N2O4. The molecule has 1 amide bonds. The minimum Gasteiger partial charge on any atom is -0.544 e. The predicted molar refractivity (Wildman–Crippen MR) is 93.1 cm³/mol. The van der Waals surface area contributed by atoms with E-state index >= 15 is 0 Å². The number of benzene rings is 1. The van der Waals surface area contributed by atoms with E-state index in [0.717, 1.165) is 19.3 Å². The Bertz CT molecular complexity index is 662. The van der Waals surface area contributed by atoms with Crippen LogP contribution in [0.25, 0.3) is 0 Å². The third-order valence-electron chi connectivity index (χ3n) is 4.37. The molecule has 1 aliphatic carbocycles. The number of anilines is 1. The molecule has 3 N–H and O–H groups in total. The molecule has 1 atom stereocenters. The molecule has 27 heavy (non-hydrogen) atoms. The Morgan fingerprint density at radius 1 is 1.22 bits per heavy atom. The van der Waals surface area contributed by atoms with Crippen molar-refractivity contribution in [2.24, 2.45) is 0 Å². The lowest BCUT2D eigenvalue weighted by Gasteiger charge is -2.18. The van der Waals surface area contributed by atoms with Gasteiger partial charge in [-0.25, -0.2) is 0 Å². The summed E-state index contributed by atoms with van der Waals surface area (Å²) < 4.78 is 28.4. The number of halogens is 2. The fourth-order valence-electron chi connectivity index (χ4n) is 3.00. The van der Waals surface area contributed by atoms with Crippen molar-refractivity contribution in [3.8, 4) is 5.75 Å². The van der Waals surface area contributed by atoms with Crippen LogP contribution in [0.4, 0.5) is 14.5 Å². The lowest BCUT2D eigenvalue weighted by molar-refractivity contribution is -0.682. The summed E-state index contributed by atoms with van der Waals surface area (Å²) in [7, 11) is 0. The summed E-state index contributed by atoms with van der Waals surface area (Å²) in [6, 6.07) is 4.42. The fraction of sp³-hybridized carbons (Fsp3) is 0.474. The van der Waals surface area contributed by atoms with Gasteiger partial charge in [0.1, 0.15) is 11.8 Å². The summed E-state index contributed by atoms with van der Waals surface area (Å²) in [5.74, 6) is -1.80. The SMILES string of the molecule is O=C(C[C@@H]([NH2+]CCC1=CCCCC1)C(=O)[O-])Nc1ccc(OC(F)F)cc1. The molecule has 0 spiro atoms. The summed E-state index contributed by atoms with van der Waals surface area (Å²) in [4.78, 5) is 23.4. The van der Waals surface area contributed by atoms with Gasteiger partial charge in [0.05, 0.1) is 18.9 Å². The van der Waals surface area contributed by atoms with Gasteiger partial charge in [0.15, 0.2) is 0 Å². The monoisotopic (exact) mass is 382 g/mol. The van der Waals surface area contributed by atoms with Gasteiger partial charge in [0.25, 0.3) is 0 Å². The molecule has 0 heterocycles. The van der Waals surface area contributed by atoms with Crippen molar-refractivity contribution < 1.29 is 33.5 Å². The molecule has 0 bridgehead atoms. The van der Waals surface area contributed by atoms with E-state index in [9.17, 15) is 23.5 Å². The van der Waals surface area contributed by atoms with Crippen LogP contribution in [0.2, 0.25) is 0 Å². The molecule has 0 saturated heterocycles. The van der Waals surface area contributed by atoms with Crippen LogP contribution in [-0.4, -0.2) is 31.1 Å². The van der Waals surface area contributed by atoms with Crippen LogP contribution in [-0.2, 0) is 9.59 Å². The van der Waals surface area contributed by atoms with Crippen LogP contribution >= 0.6 is 0 Å². The maximum absolute atomic E-state index is 12.1. The fourth-order valence-corrected chi connectivity index (χ4v) is 3.00. The summed E-state index contributed by atoms with van der Waals surface area (Å²) in [6.07, 6.45) is 7.26. The van der Waals surface area contributed by atoms with Crippen LogP contribution in [0.3, 0.4) is 0 Å². The smallest absolute Gasteiger partial charge is 0.387 e. The van der Waals surface area contributed by atoms with Crippen molar-refractivity contribution in [3.05, 3.63) is 35.9 Å². The van der Waals surface area contributed by atoms with E-state index in [4.69, 9.17) is 0 Å². The number of amides is 1. The van der Waals surface area contributed by atoms with Crippen molar-refractivity contribution in [3.63, 3.8) is 0 Å². The highest BCUT2D eigenvalue weighted by molar-refractivity contribution is 5.93. The number of allylic oxidation sites excluding steroid dienone is 1. The molecule has 8 heteroatoms. The van der Waals surface area contributed by atoms with E-state index in [1.54, 1.807) is 5.32 Å². The highest BCUT2D eigenvalue weighted by Crippen LogP contribution is 2.19. The van der Waals surface area contributed by atoms with Gasteiger partial charge in [0.2, 0.25) is 5.91 Å². The Labute approximate surface area is 156 Å². The van der Waals surface area contributed by atoms with Gasteiger partial charge in [-0.05, 0) is 49.9 Å². The number of carbonyl (C=O) groups is 2. The zero-order valence-electron chi connectivity index (χ0n) is 15.0. The molecule has 2 rings (SSSR count). The zero-order chi connectivity index (χ0) is 19.6. The molecule has 1 aromatic rings. The van der Waals surface area contributed by atoms with E-state index in [-0.39, 0.29) is 12.2 Å². The summed E-state index contributed by atoms with van der Waals surface area (Å²) >= 11 is 0. The molecule has 6 nitrogen and oxygen atoms in total. The number of hydrogen-bond donors (Lipinski definition) is 2. The van der Waals surface area contributed by atoms with Gasteiger partial charge in [-0.15, -0.1) is 0 Å². The van der Waals surface area contributed by atoms with E-state index in [0.29, 0.717) is 12.2 Å². The summed E-state index contributed by atoms with van der Waals surface area (Å²) in [5.41, 5.74) is 1.70. The number of carboxylic acids is 1. The number of carbonyl (C=O) groups excluding carboxylic acids is 2. The second-order valence-electron chi connectivity index (χ2n) is 6.46. The van der Waals surface area contributed by atoms with Crippen molar-refractivity contribution in [2.75, 3.05) is 11.9 Å². The Morgan fingerprint density at radius 3 is 2.56 bits per heavy atom. The number of hydrogen-bond acceptors (Lipinski definition) is 4. The molecule has 0 aliphatic heterocycles. The third-order valence-corrected chi connectivity index (χ3v) is 4.37. The first-order chi connectivity index (χ1) is 12.9. The van der Waals surface area contributed by atoms with E-state index in [1.165, 1.54) is 42.7 Å². The molecule has 0 aromatic heterocycles. The van der Waals surface area contributed by atoms with Gasteiger partial charge in [-0.3, -0.25) is 4.79 Å². The number of aliphatic carboxylic acids is 1. The highest BCUT2D eigenvalue weighted by Gasteiger charge is 2.18. The lowest BCUT2D eigenvalue weighted by Crippen LogP contribution is -2.93. The van der Waals surface area contributed by atoms with Gasteiger partial charge in [-0.1, -0.05) is 11.6 Å². The number of nitrogens with two attached hydrogens (primary N) is 1. The van der Waals surface area contributed by atoms with Gasteiger partial charge in [0, 0.05) is 12.1 Å². The van der Waals surface area contributed by atoms with Crippen LogP contribution in [0.15, 0.2) is 35.9 Å². The van der Waals surface area contributed by atoms with E-state index in [2.05, 4.69) is 16.1 Å². The summed E-state index contributed by atoms with van der Waals surface area (Å²) in [6.45, 7) is -2.34. The zero-order valence-corrected chi connectivity index (χ0v) is 15.0. The molecule has 1 aliphatic rings. The van der Waals surface area contributed by atoms with Crippen molar-refractivity contribution in [2.45, 2.75) is 51.2 Å². The van der Waals surface area contributed by atoms with Gasteiger partial charge >= 0.3 is 6.61 Å². The minimum atomic E-state index is -2.92. The highest BCUT2D eigenvalue weighted by atomic mass is 19.3. The maximum Gasteiger partial charge on any atom is 0.387 e. The Morgan fingerprint density at radius 2 is 1.96 bits per heavy atom. The normalized spacial score (nSPS) is 15.1. The average Bonchev–Trinajstić information content (AvgIpc) is 2.63. The molecular weight excluding hydrogens is 358 g/mol. The quantitative estimate of drug-likeness (QED) is 0.594. The van der Waals surface area contributed by atoms with Gasteiger partial charge < -0.3 is 25.3 Å². The first-order valence-corrected chi connectivity index (χ1v) is 9.01. The lowest BCUT2D eigenvalue weighted by atomic mass is 9.97. The predicted octanol–water partition coefficient (Wildman–Crippen LogP) is 1.19. The second kappa shape index (κ2) is 10.6. The molecule has 1 aromatic carbocycles. The first-order valence-electron chi connectivity index (χ1n) is 9.01. The first kappa shape index (κ1) is 20.8. The number of alkyl halides is 2.